The fourth-order valence-corrected chi connectivity index (χ4v) is 6.23. The van der Waals surface area contributed by atoms with Crippen molar-refractivity contribution >= 4 is 38.9 Å². The lowest BCUT2D eigenvalue weighted by Gasteiger charge is -2.26. The van der Waals surface area contributed by atoms with Crippen LogP contribution in [0, 0.1) is 0 Å². The molecule has 9 nitrogen and oxygen atoms in total. The molecule has 5 aromatic carbocycles. The zero-order valence-electron chi connectivity index (χ0n) is 25.3. The van der Waals surface area contributed by atoms with E-state index in [0.717, 1.165) is 5.56 Å². The van der Waals surface area contributed by atoms with Crippen LogP contribution in [0.5, 0.6) is 11.5 Å². The predicted molar refractivity (Wildman–Crippen MR) is 179 cm³/mol. The van der Waals surface area contributed by atoms with Gasteiger partial charge in [0.15, 0.2) is 0 Å². The largest absolute Gasteiger partial charge is 0.495 e. The lowest BCUT2D eigenvalue weighted by atomic mass is 10.1. The molecule has 0 bridgehead atoms. The molecule has 0 saturated carbocycles. The van der Waals surface area contributed by atoms with E-state index in [4.69, 9.17) is 9.47 Å². The summed E-state index contributed by atoms with van der Waals surface area (Å²) in [5.41, 5.74) is 2.76. The van der Waals surface area contributed by atoms with Crippen molar-refractivity contribution in [3.63, 3.8) is 0 Å². The molecule has 0 aliphatic heterocycles. The van der Waals surface area contributed by atoms with E-state index < -0.39 is 15.9 Å². The number of hydrogen-bond acceptors (Lipinski definition) is 6. The molecule has 2 amide bonds. The highest BCUT2D eigenvalue weighted by Gasteiger charge is 2.28. The summed E-state index contributed by atoms with van der Waals surface area (Å²) < 4.78 is 40.4. The van der Waals surface area contributed by atoms with Crippen molar-refractivity contribution in [3.05, 3.63) is 144 Å². The summed E-state index contributed by atoms with van der Waals surface area (Å²) >= 11 is 0. The molecule has 0 atom stereocenters. The molecule has 10 heteroatoms. The van der Waals surface area contributed by atoms with E-state index in [1.54, 1.807) is 72.8 Å². The third-order valence-electron chi connectivity index (χ3n) is 7.04. The summed E-state index contributed by atoms with van der Waals surface area (Å²) in [5, 5.41) is 5.60. The van der Waals surface area contributed by atoms with Gasteiger partial charge in [-0.25, -0.2) is 8.42 Å². The van der Waals surface area contributed by atoms with Crippen LogP contribution in [0.4, 0.5) is 17.1 Å². The van der Waals surface area contributed by atoms with Crippen molar-refractivity contribution in [1.82, 2.24) is 0 Å². The van der Waals surface area contributed by atoms with Gasteiger partial charge in [0, 0.05) is 22.5 Å². The molecule has 0 unspecified atom stereocenters. The minimum Gasteiger partial charge on any atom is -0.495 e. The van der Waals surface area contributed by atoms with E-state index in [2.05, 4.69) is 10.6 Å². The summed E-state index contributed by atoms with van der Waals surface area (Å²) in [4.78, 5) is 25.9. The van der Waals surface area contributed by atoms with Gasteiger partial charge in [-0.05, 0) is 91.3 Å². The van der Waals surface area contributed by atoms with Gasteiger partial charge in [-0.3, -0.25) is 13.9 Å². The van der Waals surface area contributed by atoms with Crippen LogP contribution in [0.1, 0.15) is 33.2 Å². The van der Waals surface area contributed by atoms with E-state index in [1.807, 2.05) is 37.3 Å². The fraction of sp³-hybridized carbons (Fsp3) is 0.111. The Morgan fingerprint density at radius 2 is 1.30 bits per heavy atom. The van der Waals surface area contributed by atoms with Crippen molar-refractivity contribution in [2.24, 2.45) is 0 Å². The Labute approximate surface area is 268 Å². The second-order valence-corrected chi connectivity index (χ2v) is 12.0. The van der Waals surface area contributed by atoms with Crippen LogP contribution in [0.15, 0.2) is 132 Å². The summed E-state index contributed by atoms with van der Waals surface area (Å²) in [5.74, 6) is 0.294. The highest BCUT2D eigenvalue weighted by atomic mass is 32.2. The van der Waals surface area contributed by atoms with Gasteiger partial charge in [0.1, 0.15) is 11.5 Å². The Balaban J connectivity index is 1.32. The van der Waals surface area contributed by atoms with Gasteiger partial charge >= 0.3 is 0 Å². The summed E-state index contributed by atoms with van der Waals surface area (Å²) in [6.07, 6.45) is 0. The van der Waals surface area contributed by atoms with Crippen molar-refractivity contribution in [1.29, 1.82) is 0 Å². The van der Waals surface area contributed by atoms with Crippen molar-refractivity contribution in [3.8, 4) is 11.5 Å². The maximum absolute atomic E-state index is 14.1. The molecular formula is C36H33N3O6S. The van der Waals surface area contributed by atoms with Crippen molar-refractivity contribution in [2.45, 2.75) is 18.4 Å². The van der Waals surface area contributed by atoms with E-state index in [-0.39, 0.29) is 22.9 Å². The quantitative estimate of drug-likeness (QED) is 0.153. The summed E-state index contributed by atoms with van der Waals surface area (Å²) in [6.45, 7) is 2.50. The fourth-order valence-electron chi connectivity index (χ4n) is 4.72. The molecule has 0 aromatic heterocycles. The second kappa shape index (κ2) is 14.4. The molecule has 2 N–H and O–H groups in total. The number of anilines is 3. The number of nitrogens with zero attached hydrogens (tertiary/aromatic N) is 1. The van der Waals surface area contributed by atoms with Gasteiger partial charge in [0.2, 0.25) is 0 Å². The molecule has 0 aliphatic carbocycles. The van der Waals surface area contributed by atoms with Crippen LogP contribution < -0.4 is 24.4 Å². The van der Waals surface area contributed by atoms with Gasteiger partial charge in [0.05, 0.1) is 30.8 Å². The highest BCUT2D eigenvalue weighted by Crippen LogP contribution is 2.34. The third-order valence-corrected chi connectivity index (χ3v) is 8.79. The molecule has 0 aliphatic rings. The van der Waals surface area contributed by atoms with Gasteiger partial charge in [-0.2, -0.15) is 0 Å². The first kappa shape index (κ1) is 31.8. The minimum atomic E-state index is -4.14. The molecule has 234 valence electrons. The van der Waals surface area contributed by atoms with E-state index in [9.17, 15) is 18.0 Å². The first-order valence-electron chi connectivity index (χ1n) is 14.5. The Hall–Kier alpha value is -5.61. The maximum atomic E-state index is 14.1. The lowest BCUT2D eigenvalue weighted by molar-refractivity contribution is 0.101. The lowest BCUT2D eigenvalue weighted by Crippen LogP contribution is -2.31. The van der Waals surface area contributed by atoms with Crippen LogP contribution in [0.3, 0.4) is 0 Å². The number of benzene rings is 5. The molecule has 46 heavy (non-hydrogen) atoms. The topological polar surface area (TPSA) is 114 Å². The molecule has 0 heterocycles. The number of hydrogen-bond donors (Lipinski definition) is 2. The van der Waals surface area contributed by atoms with Crippen molar-refractivity contribution in [2.75, 3.05) is 28.7 Å². The number of carbonyl (C=O) groups is 2. The van der Waals surface area contributed by atoms with E-state index in [1.165, 1.54) is 35.7 Å². The molecule has 5 aromatic rings. The number of ether oxygens (including phenoxy) is 2. The standard InChI is InChI=1S/C36H33N3O6S/c1-3-45-31-22-20-30(21-23-31)37-35(40)27-16-18-29(19-17-27)38-36(41)28-12-9-13-32(24-28)46(42,43)39(25-26-10-5-4-6-11-26)33-14-7-8-15-34(33)44-2/h4-24H,3,25H2,1-2H3,(H,37,40)(H,38,41). The molecule has 0 saturated heterocycles. The number of rotatable bonds is 12. The van der Waals surface area contributed by atoms with Gasteiger partial charge in [-0.1, -0.05) is 48.5 Å². The van der Waals surface area contributed by atoms with Crippen LogP contribution >= 0.6 is 0 Å². The van der Waals surface area contributed by atoms with Crippen LogP contribution in [0.2, 0.25) is 0 Å². The van der Waals surface area contributed by atoms with Crippen molar-refractivity contribution < 1.29 is 27.5 Å². The molecule has 0 spiro atoms. The smallest absolute Gasteiger partial charge is 0.264 e. The second-order valence-electron chi connectivity index (χ2n) is 10.1. The van der Waals surface area contributed by atoms with Crippen LogP contribution in [-0.2, 0) is 16.6 Å². The summed E-state index contributed by atoms with van der Waals surface area (Å²) in [7, 11) is -2.65. The minimum absolute atomic E-state index is 0.0525. The number of carbonyl (C=O) groups excluding carboxylic acids is 2. The normalized spacial score (nSPS) is 10.9. The van der Waals surface area contributed by atoms with Crippen LogP contribution in [-0.4, -0.2) is 33.9 Å². The number of sulfonamides is 1. The highest BCUT2D eigenvalue weighted by molar-refractivity contribution is 7.92. The van der Waals surface area contributed by atoms with Gasteiger partial charge < -0.3 is 20.1 Å². The first-order valence-corrected chi connectivity index (χ1v) is 16.0. The van der Waals surface area contributed by atoms with E-state index >= 15 is 0 Å². The van der Waals surface area contributed by atoms with Crippen LogP contribution in [0.25, 0.3) is 0 Å². The van der Waals surface area contributed by atoms with Gasteiger partial charge in [-0.15, -0.1) is 0 Å². The zero-order chi connectivity index (χ0) is 32.5. The molecular weight excluding hydrogens is 602 g/mol. The zero-order valence-corrected chi connectivity index (χ0v) is 26.2. The average Bonchev–Trinajstić information content (AvgIpc) is 3.09. The Morgan fingerprint density at radius 1 is 0.696 bits per heavy atom. The number of amides is 2. The Kier molecular flexibility index (Phi) is 9.99. The van der Waals surface area contributed by atoms with Gasteiger partial charge in [0.25, 0.3) is 21.8 Å². The molecule has 0 fully saturated rings. The maximum Gasteiger partial charge on any atom is 0.264 e. The number of nitrogens with one attached hydrogen (secondary N) is 2. The number of para-hydroxylation sites is 2. The van der Waals surface area contributed by atoms with E-state index in [0.29, 0.717) is 40.7 Å². The first-order chi connectivity index (χ1) is 22.3. The Morgan fingerprint density at radius 3 is 1.96 bits per heavy atom. The number of methoxy groups -OCH3 is 1. The third kappa shape index (κ3) is 7.54. The Bertz CT molecular complexity index is 1910. The summed E-state index contributed by atoms with van der Waals surface area (Å²) in [6, 6.07) is 35.4. The SMILES string of the molecule is CCOc1ccc(NC(=O)c2ccc(NC(=O)c3cccc(S(=O)(=O)N(Cc4ccccc4)c4ccccc4OC)c3)cc2)cc1. The molecule has 5 rings (SSSR count). The monoisotopic (exact) mass is 635 g/mol. The predicted octanol–water partition coefficient (Wildman–Crippen LogP) is 6.99. The molecule has 0 radical (unpaired) electrons. The average molecular weight is 636 g/mol.